The lowest BCUT2D eigenvalue weighted by Gasteiger charge is -2.30. The average molecular weight is 376 g/mol. The second-order valence-electron chi connectivity index (χ2n) is 5.97. The summed E-state index contributed by atoms with van der Waals surface area (Å²) in [6.45, 7) is 1.98. The Hall–Kier alpha value is -3.07. The lowest BCUT2D eigenvalue weighted by Crippen LogP contribution is -2.34. The zero-order chi connectivity index (χ0) is 18.8. The summed E-state index contributed by atoms with van der Waals surface area (Å²) in [5, 5.41) is 2.87. The summed E-state index contributed by atoms with van der Waals surface area (Å²) in [4.78, 5) is 33.2. The van der Waals surface area contributed by atoms with Crippen LogP contribution in [0.4, 0.5) is 27.9 Å². The SMILES string of the molecule is CC1CC(=O)N(C)c2ccc(NC(=O)NNc3cc(Cl)nc(N)n3)cc21. The molecule has 9 nitrogen and oxygen atoms in total. The third-order valence-electron chi connectivity index (χ3n) is 4.05. The number of aromatic nitrogens is 2. The van der Waals surface area contributed by atoms with Crippen molar-refractivity contribution in [2.24, 2.45) is 0 Å². The van der Waals surface area contributed by atoms with E-state index in [0.717, 1.165) is 11.3 Å². The maximum Gasteiger partial charge on any atom is 0.337 e. The van der Waals surface area contributed by atoms with Crippen molar-refractivity contribution in [3.05, 3.63) is 35.0 Å². The molecule has 1 aromatic carbocycles. The molecule has 0 saturated carbocycles. The number of hydrazine groups is 1. The fourth-order valence-corrected chi connectivity index (χ4v) is 2.95. The number of hydrogen-bond acceptors (Lipinski definition) is 6. The first-order valence-corrected chi connectivity index (χ1v) is 8.25. The quantitative estimate of drug-likeness (QED) is 0.482. The Morgan fingerprint density at radius 1 is 1.35 bits per heavy atom. The van der Waals surface area contributed by atoms with Crippen LogP contribution in [0.1, 0.15) is 24.8 Å². The minimum Gasteiger partial charge on any atom is -0.368 e. The molecule has 1 atom stereocenters. The lowest BCUT2D eigenvalue weighted by atomic mass is 9.91. The molecule has 136 valence electrons. The molecule has 3 amide bonds. The van der Waals surface area contributed by atoms with Gasteiger partial charge in [-0.2, -0.15) is 4.98 Å². The summed E-state index contributed by atoms with van der Waals surface area (Å²) in [6.07, 6.45) is 0.441. The first kappa shape index (κ1) is 17.7. The van der Waals surface area contributed by atoms with E-state index < -0.39 is 6.03 Å². The van der Waals surface area contributed by atoms with E-state index in [-0.39, 0.29) is 28.7 Å². The molecule has 0 aliphatic carbocycles. The number of hydrogen-bond donors (Lipinski definition) is 4. The number of benzene rings is 1. The molecule has 1 aromatic heterocycles. The highest BCUT2D eigenvalue weighted by Gasteiger charge is 2.26. The molecule has 3 rings (SSSR count). The number of fused-ring (bicyclic) bond motifs is 1. The van der Waals surface area contributed by atoms with E-state index in [1.807, 2.05) is 19.1 Å². The number of carbonyl (C=O) groups excluding carboxylic acids is 2. The van der Waals surface area contributed by atoms with Gasteiger partial charge in [-0.15, -0.1) is 0 Å². The van der Waals surface area contributed by atoms with E-state index in [0.29, 0.717) is 12.1 Å². The molecular formula is C16H18ClN7O2. The van der Waals surface area contributed by atoms with Crippen LogP contribution in [0, 0.1) is 0 Å². The fraction of sp³-hybridized carbons (Fsp3) is 0.250. The Morgan fingerprint density at radius 3 is 2.85 bits per heavy atom. The Balaban J connectivity index is 1.66. The lowest BCUT2D eigenvalue weighted by molar-refractivity contribution is -0.119. The van der Waals surface area contributed by atoms with Gasteiger partial charge in [0, 0.05) is 30.9 Å². The zero-order valence-corrected chi connectivity index (χ0v) is 15.0. The van der Waals surface area contributed by atoms with Gasteiger partial charge < -0.3 is 16.0 Å². The standard InChI is InChI=1S/C16H18ClN7O2/c1-8-5-14(25)24(2)11-4-3-9(6-10(8)11)19-16(26)23-22-13-7-12(17)20-15(18)21-13/h3-4,6-8H,5H2,1-2H3,(H2,19,23,26)(H3,18,20,21,22). The number of halogens is 1. The second-order valence-corrected chi connectivity index (χ2v) is 6.36. The summed E-state index contributed by atoms with van der Waals surface area (Å²) < 4.78 is 0. The van der Waals surface area contributed by atoms with Crippen molar-refractivity contribution in [3.8, 4) is 0 Å². The fourth-order valence-electron chi connectivity index (χ4n) is 2.76. The number of nitrogen functional groups attached to an aromatic ring is 1. The van der Waals surface area contributed by atoms with Crippen LogP contribution in [0.25, 0.3) is 0 Å². The van der Waals surface area contributed by atoms with Gasteiger partial charge in [-0.1, -0.05) is 18.5 Å². The van der Waals surface area contributed by atoms with Crippen LogP contribution in [0.5, 0.6) is 0 Å². The van der Waals surface area contributed by atoms with Crippen molar-refractivity contribution in [1.29, 1.82) is 0 Å². The molecule has 2 heterocycles. The highest BCUT2D eigenvalue weighted by Crippen LogP contribution is 2.36. The average Bonchev–Trinajstić information content (AvgIpc) is 2.57. The molecule has 1 aliphatic heterocycles. The van der Waals surface area contributed by atoms with Gasteiger partial charge in [-0.25, -0.2) is 9.78 Å². The van der Waals surface area contributed by atoms with Crippen molar-refractivity contribution in [2.75, 3.05) is 28.4 Å². The summed E-state index contributed by atoms with van der Waals surface area (Å²) in [5.41, 5.74) is 13.0. The largest absolute Gasteiger partial charge is 0.368 e. The Labute approximate surface area is 154 Å². The molecule has 26 heavy (non-hydrogen) atoms. The predicted octanol–water partition coefficient (Wildman–Crippen LogP) is 2.33. The molecule has 0 radical (unpaired) electrons. The Kier molecular flexibility index (Phi) is 4.81. The molecule has 5 N–H and O–H groups in total. The zero-order valence-electron chi connectivity index (χ0n) is 14.2. The van der Waals surface area contributed by atoms with Crippen molar-refractivity contribution in [2.45, 2.75) is 19.3 Å². The summed E-state index contributed by atoms with van der Waals surface area (Å²) >= 11 is 5.77. The molecule has 1 unspecified atom stereocenters. The van der Waals surface area contributed by atoms with Crippen LogP contribution >= 0.6 is 11.6 Å². The van der Waals surface area contributed by atoms with Gasteiger partial charge in [-0.05, 0) is 29.7 Å². The van der Waals surface area contributed by atoms with E-state index in [1.54, 1.807) is 18.0 Å². The minimum absolute atomic E-state index is 0.00968. The number of carbonyl (C=O) groups is 2. The molecule has 0 bridgehead atoms. The number of rotatable bonds is 3. The topological polar surface area (TPSA) is 125 Å². The summed E-state index contributed by atoms with van der Waals surface area (Å²) in [6, 6.07) is 6.34. The maximum atomic E-state index is 12.1. The molecular weight excluding hydrogens is 358 g/mol. The summed E-state index contributed by atoms with van der Waals surface area (Å²) in [5.74, 6) is 0.416. The van der Waals surface area contributed by atoms with E-state index in [4.69, 9.17) is 17.3 Å². The molecule has 0 fully saturated rings. The van der Waals surface area contributed by atoms with E-state index in [9.17, 15) is 9.59 Å². The van der Waals surface area contributed by atoms with Crippen LogP contribution in [-0.4, -0.2) is 29.0 Å². The number of nitrogens with two attached hydrogens (primary N) is 1. The number of nitrogens with one attached hydrogen (secondary N) is 3. The smallest absolute Gasteiger partial charge is 0.337 e. The first-order valence-electron chi connectivity index (χ1n) is 7.87. The normalized spacial score (nSPS) is 16.0. The summed E-state index contributed by atoms with van der Waals surface area (Å²) in [7, 11) is 1.75. The van der Waals surface area contributed by atoms with Gasteiger partial charge in [0.05, 0.1) is 0 Å². The third-order valence-corrected chi connectivity index (χ3v) is 4.24. The molecule has 0 saturated heterocycles. The number of anilines is 4. The van der Waals surface area contributed by atoms with Gasteiger partial charge in [-0.3, -0.25) is 15.6 Å². The highest BCUT2D eigenvalue weighted by molar-refractivity contribution is 6.29. The molecule has 10 heteroatoms. The minimum atomic E-state index is -0.494. The van der Waals surface area contributed by atoms with E-state index >= 15 is 0 Å². The van der Waals surface area contributed by atoms with Gasteiger partial charge >= 0.3 is 6.03 Å². The van der Waals surface area contributed by atoms with Crippen LogP contribution in [0.2, 0.25) is 5.15 Å². The van der Waals surface area contributed by atoms with Crippen LogP contribution in [0.15, 0.2) is 24.3 Å². The van der Waals surface area contributed by atoms with Crippen molar-refractivity contribution >= 4 is 46.7 Å². The third kappa shape index (κ3) is 3.77. The monoisotopic (exact) mass is 375 g/mol. The van der Waals surface area contributed by atoms with E-state index in [1.165, 1.54) is 6.07 Å². The van der Waals surface area contributed by atoms with Crippen LogP contribution < -0.4 is 26.8 Å². The van der Waals surface area contributed by atoms with Crippen LogP contribution in [0.3, 0.4) is 0 Å². The van der Waals surface area contributed by atoms with Crippen molar-refractivity contribution < 1.29 is 9.59 Å². The van der Waals surface area contributed by atoms with Crippen molar-refractivity contribution in [3.63, 3.8) is 0 Å². The van der Waals surface area contributed by atoms with Gasteiger partial charge in [0.1, 0.15) is 5.15 Å². The van der Waals surface area contributed by atoms with E-state index in [2.05, 4.69) is 26.1 Å². The first-order chi connectivity index (χ1) is 12.3. The highest BCUT2D eigenvalue weighted by atomic mass is 35.5. The molecule has 1 aliphatic rings. The maximum absolute atomic E-state index is 12.1. The second kappa shape index (κ2) is 7.04. The van der Waals surface area contributed by atoms with Crippen molar-refractivity contribution in [1.82, 2.24) is 15.4 Å². The Morgan fingerprint density at radius 2 is 2.12 bits per heavy atom. The van der Waals surface area contributed by atoms with Gasteiger partial charge in [0.2, 0.25) is 11.9 Å². The van der Waals surface area contributed by atoms with Gasteiger partial charge in [0.15, 0.2) is 5.82 Å². The van der Waals surface area contributed by atoms with Gasteiger partial charge in [0.25, 0.3) is 0 Å². The molecule has 2 aromatic rings. The predicted molar refractivity (Wildman–Crippen MR) is 100 cm³/mol. The number of nitrogens with zero attached hydrogens (tertiary/aromatic N) is 3. The molecule has 0 spiro atoms. The number of urea groups is 1. The number of amides is 3. The van der Waals surface area contributed by atoms with Crippen LogP contribution in [-0.2, 0) is 4.79 Å². The Bertz CT molecular complexity index is 853.